The first-order valence-corrected chi connectivity index (χ1v) is 1.34. The van der Waals surface area contributed by atoms with Crippen molar-refractivity contribution < 1.29 is 223 Å². The van der Waals surface area contributed by atoms with Crippen molar-refractivity contribution in [2.75, 3.05) is 0 Å². The molecule has 0 aromatic heterocycles. The van der Waals surface area contributed by atoms with Crippen molar-refractivity contribution in [1.82, 2.24) is 0 Å². The molecule has 0 spiro atoms. The van der Waals surface area contributed by atoms with Gasteiger partial charge in [-0.05, 0) is 0 Å². The topological polar surface area (TPSA) is 143 Å². The zero-order valence-corrected chi connectivity index (χ0v) is 23.6. The Bertz CT molecular complexity index is 106. The van der Waals surface area contributed by atoms with Crippen LogP contribution in [0.5, 0.6) is 0 Å². The molecule has 0 aliphatic heterocycles. The minimum Gasteiger partial charge on any atom is -0.512 e. The van der Waals surface area contributed by atoms with Crippen molar-refractivity contribution in [1.29, 1.82) is 31.6 Å². The largest absolute Gasteiger partial charge is 6.00 e. The van der Waals surface area contributed by atoms with Crippen molar-refractivity contribution in [2.24, 2.45) is 0 Å². The number of nitrogens with zero attached hydrogens (tertiary/aromatic N) is 6. The van der Waals surface area contributed by atoms with Crippen LogP contribution in [-0.4, -0.2) is 0 Å². The molecule has 0 radical (unpaired) electrons. The van der Waals surface area contributed by atoms with E-state index < -0.39 is 0 Å². The summed E-state index contributed by atoms with van der Waals surface area (Å²) in [5, 5.41) is 37.5. The standard InChI is InChI=1S/6CN.Fe.4K/c6*1-2;;;;;/q6*-1;+6;4*+1. The van der Waals surface area contributed by atoms with Gasteiger partial charge in [-0.1, -0.05) is 0 Å². The zero-order chi connectivity index (χ0) is 12.0. The first-order chi connectivity index (χ1) is 6.00. The van der Waals surface area contributed by atoms with Crippen LogP contribution in [-0.2, 0) is 17.1 Å². The van der Waals surface area contributed by atoms with Crippen molar-refractivity contribution >= 4 is 0 Å². The third-order valence-corrected chi connectivity index (χ3v) is 0. The Morgan fingerprint density at radius 3 is 0.294 bits per heavy atom. The summed E-state index contributed by atoms with van der Waals surface area (Å²) in [5.41, 5.74) is 0. The van der Waals surface area contributed by atoms with Gasteiger partial charge in [0.05, 0.1) is 0 Å². The van der Waals surface area contributed by atoms with Crippen LogP contribution in [0.1, 0.15) is 0 Å². The molecule has 0 saturated heterocycles. The van der Waals surface area contributed by atoms with E-state index in [0.717, 1.165) is 0 Å². The Morgan fingerprint density at radius 1 is 0.294 bits per heavy atom. The van der Waals surface area contributed by atoms with Gasteiger partial charge in [0, 0.05) is 0 Å². The molecule has 0 rings (SSSR count). The van der Waals surface area contributed by atoms with Gasteiger partial charge < -0.3 is 71.0 Å². The summed E-state index contributed by atoms with van der Waals surface area (Å²) in [5.74, 6) is 0. The Morgan fingerprint density at radius 2 is 0.294 bits per heavy atom. The average Bonchev–Trinajstić information content (AvgIpc) is 2.33. The SMILES string of the molecule is [C-]#N.[C-]#N.[C-]#N.[C-]#N.[C-]#N.[C-]#N.[Fe+6].[K+].[K+].[K+].[K+]. The van der Waals surface area contributed by atoms with E-state index in [1.54, 1.807) is 0 Å². The Kier molecular flexibility index (Phi) is 2230. The smallest absolute Gasteiger partial charge is 0.512 e. The molecular weight excluding hydrogens is 368 g/mol. The molecule has 62 valence electrons. The maximum atomic E-state index is 6.25. The van der Waals surface area contributed by atoms with Crippen LogP contribution in [0.25, 0.3) is 0 Å². The van der Waals surface area contributed by atoms with Crippen molar-refractivity contribution in [3.63, 3.8) is 0 Å². The molecule has 0 atom stereocenters. The molecule has 0 bridgehead atoms. The third kappa shape index (κ3) is 404. The third-order valence-electron chi connectivity index (χ3n) is 0. The van der Waals surface area contributed by atoms with E-state index in [1.807, 2.05) is 0 Å². The van der Waals surface area contributed by atoms with Crippen LogP contribution >= 0.6 is 0 Å². The first-order valence-electron chi connectivity index (χ1n) is 1.34. The molecule has 0 amide bonds. The summed E-state index contributed by atoms with van der Waals surface area (Å²) in [6, 6.07) is 0. The summed E-state index contributed by atoms with van der Waals surface area (Å²) in [6.45, 7) is 28.5. The normalized spacial score (nSPS) is 0.706. The fourth-order valence-electron chi connectivity index (χ4n) is 0. The Balaban J connectivity index is -0.00000000267. The van der Waals surface area contributed by atoms with Crippen LogP contribution in [0.4, 0.5) is 0 Å². The monoisotopic (exact) mass is 368 g/mol. The molecule has 0 aliphatic rings. The molecule has 0 N–H and O–H groups in total. The number of rotatable bonds is 0. The number of hydrogen-bond donors (Lipinski definition) is 0. The molecule has 11 heteroatoms. The molecule has 0 aromatic rings. The molecule has 0 heterocycles. The van der Waals surface area contributed by atoms with Gasteiger partial charge in [0.25, 0.3) is 0 Å². The molecule has 0 fully saturated rings. The van der Waals surface area contributed by atoms with E-state index in [1.165, 1.54) is 0 Å². The summed E-state index contributed by atoms with van der Waals surface area (Å²) in [4.78, 5) is 0. The van der Waals surface area contributed by atoms with Gasteiger partial charge in [0.15, 0.2) is 0 Å². The molecule has 6 nitrogen and oxygen atoms in total. The maximum absolute atomic E-state index is 6.25. The molecule has 0 aromatic carbocycles. The second-order valence-electron chi connectivity index (χ2n) is 0. The molecule has 17 heavy (non-hydrogen) atoms. The van der Waals surface area contributed by atoms with Gasteiger partial charge in [-0.3, -0.25) is 0 Å². The van der Waals surface area contributed by atoms with Crippen LogP contribution in [0, 0.1) is 71.0 Å². The van der Waals surface area contributed by atoms with Gasteiger partial charge >= 0.3 is 223 Å². The maximum Gasteiger partial charge on any atom is 6.00 e. The van der Waals surface area contributed by atoms with E-state index in [9.17, 15) is 0 Å². The molecule has 0 aliphatic carbocycles. The number of hydrogen-bond acceptors (Lipinski definition) is 6. The predicted octanol–water partition coefficient (Wildman–Crippen LogP) is -11.4. The van der Waals surface area contributed by atoms with Gasteiger partial charge in [0.1, 0.15) is 0 Å². The molecule has 0 saturated carbocycles. The van der Waals surface area contributed by atoms with Crippen molar-refractivity contribution in [2.45, 2.75) is 0 Å². The predicted molar refractivity (Wildman–Crippen MR) is 29.8 cm³/mol. The summed E-state index contributed by atoms with van der Waals surface area (Å²) in [6.07, 6.45) is 0. The van der Waals surface area contributed by atoms with Gasteiger partial charge in [0.2, 0.25) is 0 Å². The quantitative estimate of drug-likeness (QED) is 0.307. The Labute approximate surface area is 284 Å². The fourth-order valence-corrected chi connectivity index (χ4v) is 0. The second-order valence-corrected chi connectivity index (χ2v) is 0. The van der Waals surface area contributed by atoms with Gasteiger partial charge in [-0.25, -0.2) is 0 Å². The van der Waals surface area contributed by atoms with E-state index in [0.29, 0.717) is 0 Å². The second kappa shape index (κ2) is 450. The van der Waals surface area contributed by atoms with E-state index in [-0.39, 0.29) is 223 Å². The summed E-state index contributed by atoms with van der Waals surface area (Å²) >= 11 is 0. The zero-order valence-electron chi connectivity index (χ0n) is 10.0. The van der Waals surface area contributed by atoms with E-state index in [2.05, 4.69) is 0 Å². The fraction of sp³-hybridized carbons (Fsp3) is 0. The Hall–Kier alpha value is 4.00. The molecular formula is C6FeK4N6+4. The summed E-state index contributed by atoms with van der Waals surface area (Å²) < 4.78 is 0. The van der Waals surface area contributed by atoms with E-state index >= 15 is 0 Å². The van der Waals surface area contributed by atoms with Crippen LogP contribution < -0.4 is 206 Å². The van der Waals surface area contributed by atoms with Crippen molar-refractivity contribution in [3.05, 3.63) is 39.4 Å². The average molecular weight is 368 g/mol. The van der Waals surface area contributed by atoms with Crippen LogP contribution in [0.2, 0.25) is 0 Å². The van der Waals surface area contributed by atoms with Crippen LogP contribution in [0.15, 0.2) is 0 Å². The van der Waals surface area contributed by atoms with Gasteiger partial charge in [-0.2, -0.15) is 0 Å². The van der Waals surface area contributed by atoms with Crippen LogP contribution in [0.3, 0.4) is 0 Å². The van der Waals surface area contributed by atoms with E-state index in [4.69, 9.17) is 71.0 Å². The summed E-state index contributed by atoms with van der Waals surface area (Å²) in [7, 11) is 0. The minimum absolute atomic E-state index is 0. The van der Waals surface area contributed by atoms with Gasteiger partial charge in [-0.15, -0.1) is 0 Å². The minimum atomic E-state index is 0. The van der Waals surface area contributed by atoms with Crippen molar-refractivity contribution in [3.8, 4) is 0 Å². The molecule has 0 unspecified atom stereocenters. The first kappa shape index (κ1) is 84.0.